The molecule has 3 rings (SSSR count). The first-order valence-corrected chi connectivity index (χ1v) is 10.7. The van der Waals surface area contributed by atoms with E-state index in [0.29, 0.717) is 32.4 Å². The molecule has 0 radical (unpaired) electrons. The van der Waals surface area contributed by atoms with E-state index in [1.165, 1.54) is 11.8 Å². The smallest absolute Gasteiger partial charge is 0.234 e. The summed E-state index contributed by atoms with van der Waals surface area (Å²) in [5.74, 6) is 0.202. The van der Waals surface area contributed by atoms with Gasteiger partial charge in [0.05, 0.1) is 22.9 Å². The molecular formula is C20H19Cl2N5O2S. The topological polar surface area (TPSA) is 88.9 Å². The molecule has 2 aromatic carbocycles. The fourth-order valence-corrected chi connectivity index (χ4v) is 3.75. The van der Waals surface area contributed by atoms with Crippen LogP contribution in [0.4, 0.5) is 11.4 Å². The van der Waals surface area contributed by atoms with E-state index in [0.717, 1.165) is 5.56 Å². The molecule has 0 aliphatic carbocycles. The number of aryl methyl sites for hydroxylation is 1. The molecule has 10 heteroatoms. The van der Waals surface area contributed by atoms with Crippen molar-refractivity contribution in [2.24, 2.45) is 7.05 Å². The lowest BCUT2D eigenvalue weighted by Crippen LogP contribution is -2.17. The Balaban J connectivity index is 1.55. The maximum absolute atomic E-state index is 12.3. The third kappa shape index (κ3) is 5.75. The molecule has 1 heterocycles. The minimum absolute atomic E-state index is 0.0332. The first kappa shape index (κ1) is 22.1. The van der Waals surface area contributed by atoms with Crippen LogP contribution in [-0.2, 0) is 23.1 Å². The Kier molecular flexibility index (Phi) is 7.36. The van der Waals surface area contributed by atoms with Gasteiger partial charge in [-0.3, -0.25) is 9.59 Å². The van der Waals surface area contributed by atoms with Crippen LogP contribution >= 0.6 is 35.0 Å². The number of amides is 2. The number of rotatable bonds is 7. The number of nitrogens with zero attached hydrogens (tertiary/aromatic N) is 3. The highest BCUT2D eigenvalue weighted by atomic mass is 35.5. The van der Waals surface area contributed by atoms with Crippen molar-refractivity contribution < 1.29 is 9.59 Å². The zero-order valence-corrected chi connectivity index (χ0v) is 18.6. The molecule has 0 aliphatic rings. The van der Waals surface area contributed by atoms with Crippen molar-refractivity contribution in [3.8, 4) is 0 Å². The average Bonchev–Trinajstić information content (AvgIpc) is 3.04. The number of hydrogen-bond acceptors (Lipinski definition) is 5. The van der Waals surface area contributed by atoms with E-state index in [4.69, 9.17) is 23.2 Å². The molecule has 1 aromatic heterocycles. The molecule has 0 saturated heterocycles. The molecule has 0 fully saturated rings. The molecule has 0 unspecified atom stereocenters. The molecule has 0 aliphatic heterocycles. The van der Waals surface area contributed by atoms with Crippen LogP contribution in [0.25, 0.3) is 0 Å². The third-order valence-corrected chi connectivity index (χ3v) is 5.77. The highest BCUT2D eigenvalue weighted by Gasteiger charge is 2.15. The van der Waals surface area contributed by atoms with Gasteiger partial charge in [-0.25, -0.2) is 0 Å². The third-order valence-electron chi connectivity index (χ3n) is 4.19. The number of nitrogens with one attached hydrogen (secondary N) is 2. The number of anilines is 2. The molecule has 3 aromatic rings. The predicted molar refractivity (Wildman–Crippen MR) is 120 cm³/mol. The summed E-state index contributed by atoms with van der Waals surface area (Å²) in [6.45, 7) is 1.87. The Morgan fingerprint density at radius 2 is 1.77 bits per heavy atom. The number of thioether (sulfide) groups is 1. The maximum Gasteiger partial charge on any atom is 0.234 e. The minimum Gasteiger partial charge on any atom is -0.325 e. The molecule has 30 heavy (non-hydrogen) atoms. The SMILES string of the molecule is Cc1cc(Cl)ccc1NC(=O)CSc1nnc(CC(=O)Nc2ccccc2Cl)n1C. The summed E-state index contributed by atoms with van der Waals surface area (Å²) < 4.78 is 1.69. The van der Waals surface area contributed by atoms with Gasteiger partial charge >= 0.3 is 0 Å². The van der Waals surface area contributed by atoms with Gasteiger partial charge in [-0.1, -0.05) is 47.1 Å². The van der Waals surface area contributed by atoms with E-state index >= 15 is 0 Å². The Morgan fingerprint density at radius 1 is 1.03 bits per heavy atom. The lowest BCUT2D eigenvalue weighted by molar-refractivity contribution is -0.116. The fourth-order valence-electron chi connectivity index (χ4n) is 2.61. The van der Waals surface area contributed by atoms with Crippen LogP contribution in [0.3, 0.4) is 0 Å². The maximum atomic E-state index is 12.3. The summed E-state index contributed by atoms with van der Waals surface area (Å²) in [7, 11) is 1.75. The molecule has 0 bridgehead atoms. The van der Waals surface area contributed by atoms with E-state index < -0.39 is 0 Å². The summed E-state index contributed by atoms with van der Waals surface area (Å²) in [5.41, 5.74) is 2.13. The summed E-state index contributed by atoms with van der Waals surface area (Å²) in [6.07, 6.45) is 0.0332. The Hall–Kier alpha value is -2.55. The Bertz CT molecular complexity index is 1090. The second-order valence-electron chi connectivity index (χ2n) is 6.46. The van der Waals surface area contributed by atoms with Gasteiger partial charge in [-0.15, -0.1) is 10.2 Å². The summed E-state index contributed by atoms with van der Waals surface area (Å²) in [5, 5.41) is 15.3. The van der Waals surface area contributed by atoms with Gasteiger partial charge in [0.1, 0.15) is 5.82 Å². The second kappa shape index (κ2) is 9.97. The van der Waals surface area contributed by atoms with Crippen LogP contribution in [0.2, 0.25) is 10.0 Å². The highest BCUT2D eigenvalue weighted by molar-refractivity contribution is 7.99. The number of halogens is 2. The zero-order chi connectivity index (χ0) is 21.7. The van der Waals surface area contributed by atoms with E-state index in [2.05, 4.69) is 20.8 Å². The first-order chi connectivity index (χ1) is 14.3. The van der Waals surface area contributed by atoms with Gasteiger partial charge in [0, 0.05) is 17.8 Å². The van der Waals surface area contributed by atoms with Crippen LogP contribution in [-0.4, -0.2) is 32.3 Å². The van der Waals surface area contributed by atoms with E-state index in [9.17, 15) is 9.59 Å². The molecule has 7 nitrogen and oxygen atoms in total. The number of benzene rings is 2. The van der Waals surface area contributed by atoms with Gasteiger partial charge in [-0.05, 0) is 42.8 Å². The number of hydrogen-bond donors (Lipinski definition) is 2. The van der Waals surface area contributed by atoms with Crippen LogP contribution < -0.4 is 10.6 Å². The molecule has 2 amide bonds. The number of para-hydroxylation sites is 1. The summed E-state index contributed by atoms with van der Waals surface area (Å²) >= 11 is 13.2. The average molecular weight is 464 g/mol. The number of carbonyl (C=O) groups is 2. The first-order valence-electron chi connectivity index (χ1n) is 8.95. The van der Waals surface area contributed by atoms with E-state index in [-0.39, 0.29) is 24.0 Å². The Labute approximate surface area is 188 Å². The van der Waals surface area contributed by atoms with Gasteiger partial charge < -0.3 is 15.2 Å². The molecule has 0 atom stereocenters. The minimum atomic E-state index is -0.258. The Morgan fingerprint density at radius 3 is 2.50 bits per heavy atom. The van der Waals surface area contributed by atoms with Crippen LogP contribution in [0.1, 0.15) is 11.4 Å². The standard InChI is InChI=1S/C20H19Cl2N5O2S/c1-12-9-13(21)7-8-15(12)23-19(29)11-30-20-26-25-17(27(20)2)10-18(28)24-16-6-4-3-5-14(16)22/h3-9H,10-11H2,1-2H3,(H,23,29)(H,24,28). The summed E-state index contributed by atoms with van der Waals surface area (Å²) in [4.78, 5) is 24.5. The molecule has 2 N–H and O–H groups in total. The van der Waals surface area contributed by atoms with Crippen LogP contribution in [0.5, 0.6) is 0 Å². The van der Waals surface area contributed by atoms with Crippen molar-refractivity contribution >= 4 is 58.2 Å². The fraction of sp³-hybridized carbons (Fsp3) is 0.200. The number of carbonyl (C=O) groups excluding carboxylic acids is 2. The van der Waals surface area contributed by atoms with Crippen molar-refractivity contribution in [3.63, 3.8) is 0 Å². The van der Waals surface area contributed by atoms with Crippen molar-refractivity contribution in [2.75, 3.05) is 16.4 Å². The van der Waals surface area contributed by atoms with Crippen molar-refractivity contribution in [1.29, 1.82) is 0 Å². The van der Waals surface area contributed by atoms with Gasteiger partial charge in [0.2, 0.25) is 11.8 Å². The van der Waals surface area contributed by atoms with E-state index in [1.807, 2.05) is 6.92 Å². The van der Waals surface area contributed by atoms with Crippen LogP contribution in [0.15, 0.2) is 47.6 Å². The lowest BCUT2D eigenvalue weighted by Gasteiger charge is -2.09. The predicted octanol–water partition coefficient (Wildman–Crippen LogP) is 4.34. The normalized spacial score (nSPS) is 10.7. The summed E-state index contributed by atoms with van der Waals surface area (Å²) in [6, 6.07) is 12.3. The van der Waals surface area contributed by atoms with Gasteiger partial charge in [-0.2, -0.15) is 0 Å². The molecule has 156 valence electrons. The zero-order valence-electron chi connectivity index (χ0n) is 16.3. The number of aromatic nitrogens is 3. The largest absolute Gasteiger partial charge is 0.325 e. The molecular weight excluding hydrogens is 445 g/mol. The van der Waals surface area contributed by atoms with Gasteiger partial charge in [0.25, 0.3) is 0 Å². The van der Waals surface area contributed by atoms with Crippen molar-refractivity contribution in [2.45, 2.75) is 18.5 Å². The lowest BCUT2D eigenvalue weighted by atomic mass is 10.2. The molecule has 0 spiro atoms. The highest BCUT2D eigenvalue weighted by Crippen LogP contribution is 2.22. The van der Waals surface area contributed by atoms with Crippen molar-refractivity contribution in [3.05, 3.63) is 63.9 Å². The van der Waals surface area contributed by atoms with Crippen molar-refractivity contribution in [1.82, 2.24) is 14.8 Å². The van der Waals surface area contributed by atoms with Crippen LogP contribution in [0, 0.1) is 6.92 Å². The van der Waals surface area contributed by atoms with E-state index in [1.54, 1.807) is 54.1 Å². The quantitative estimate of drug-likeness (QED) is 0.508. The monoisotopic (exact) mass is 463 g/mol. The van der Waals surface area contributed by atoms with Gasteiger partial charge in [0.15, 0.2) is 5.16 Å². The molecule has 0 saturated carbocycles. The second-order valence-corrected chi connectivity index (χ2v) is 8.24.